The zero-order valence-electron chi connectivity index (χ0n) is 13.2. The summed E-state index contributed by atoms with van der Waals surface area (Å²) in [5, 5.41) is 9.38. The maximum absolute atomic E-state index is 12.5. The molecule has 1 amide bonds. The molecule has 6 nitrogen and oxygen atoms in total. The van der Waals surface area contributed by atoms with Crippen molar-refractivity contribution in [2.75, 3.05) is 11.5 Å². The number of nitrogens with zero attached hydrogens (tertiary/aromatic N) is 1. The van der Waals surface area contributed by atoms with E-state index in [0.29, 0.717) is 6.42 Å². The van der Waals surface area contributed by atoms with Gasteiger partial charge in [0.05, 0.1) is 5.75 Å². The van der Waals surface area contributed by atoms with Gasteiger partial charge >= 0.3 is 5.97 Å². The van der Waals surface area contributed by atoms with Crippen molar-refractivity contribution in [1.29, 1.82) is 0 Å². The van der Waals surface area contributed by atoms with Crippen molar-refractivity contribution in [2.45, 2.75) is 58.0 Å². The average Bonchev–Trinajstić information content (AvgIpc) is 2.75. The van der Waals surface area contributed by atoms with E-state index in [1.54, 1.807) is 13.8 Å². The molecule has 1 heterocycles. The van der Waals surface area contributed by atoms with Gasteiger partial charge in [-0.05, 0) is 31.1 Å². The number of carboxylic acid groups (broad SMARTS) is 1. The zero-order valence-corrected chi connectivity index (χ0v) is 14.0. The van der Waals surface area contributed by atoms with Gasteiger partial charge in [0.15, 0.2) is 9.84 Å². The lowest BCUT2D eigenvalue weighted by Crippen LogP contribution is -2.48. The van der Waals surface area contributed by atoms with Crippen molar-refractivity contribution in [1.82, 2.24) is 4.90 Å². The fraction of sp³-hybridized carbons (Fsp3) is 0.867. The Labute approximate surface area is 131 Å². The van der Waals surface area contributed by atoms with Gasteiger partial charge in [-0.1, -0.05) is 26.7 Å². The van der Waals surface area contributed by atoms with Crippen LogP contribution in [-0.4, -0.2) is 53.9 Å². The van der Waals surface area contributed by atoms with Gasteiger partial charge in [0.25, 0.3) is 0 Å². The first kappa shape index (κ1) is 17.2. The predicted molar refractivity (Wildman–Crippen MR) is 82.1 cm³/mol. The number of carbonyl (C=O) groups excluding carboxylic acids is 1. The van der Waals surface area contributed by atoms with Gasteiger partial charge < -0.3 is 10.0 Å². The van der Waals surface area contributed by atoms with Crippen LogP contribution < -0.4 is 0 Å². The summed E-state index contributed by atoms with van der Waals surface area (Å²) >= 11 is 0. The second kappa shape index (κ2) is 6.56. The molecule has 1 aliphatic carbocycles. The number of hydrogen-bond donors (Lipinski definition) is 1. The van der Waals surface area contributed by atoms with Gasteiger partial charge in [0, 0.05) is 6.04 Å². The van der Waals surface area contributed by atoms with Crippen LogP contribution in [0, 0.1) is 11.8 Å². The van der Waals surface area contributed by atoms with E-state index in [2.05, 4.69) is 0 Å². The molecule has 0 radical (unpaired) electrons. The lowest BCUT2D eigenvalue weighted by Gasteiger charge is -2.33. The van der Waals surface area contributed by atoms with Crippen LogP contribution in [0.3, 0.4) is 0 Å². The number of carbonyl (C=O) groups is 2. The van der Waals surface area contributed by atoms with E-state index in [9.17, 15) is 23.1 Å². The van der Waals surface area contributed by atoms with E-state index in [-0.39, 0.29) is 23.6 Å². The monoisotopic (exact) mass is 331 g/mol. The molecule has 2 aliphatic rings. The second-order valence-electron chi connectivity index (χ2n) is 6.95. The number of hydrogen-bond acceptors (Lipinski definition) is 4. The van der Waals surface area contributed by atoms with Crippen molar-refractivity contribution < 1.29 is 23.1 Å². The Kier molecular flexibility index (Phi) is 5.14. The fourth-order valence-corrected chi connectivity index (χ4v) is 5.53. The second-order valence-corrected chi connectivity index (χ2v) is 9.06. The Morgan fingerprint density at radius 3 is 2.45 bits per heavy atom. The number of fused-ring (bicyclic) bond motifs is 1. The van der Waals surface area contributed by atoms with Crippen LogP contribution in [0.15, 0.2) is 0 Å². The first-order valence-electron chi connectivity index (χ1n) is 7.95. The molecule has 1 aliphatic heterocycles. The largest absolute Gasteiger partial charge is 0.480 e. The first-order valence-corrected chi connectivity index (χ1v) is 9.78. The Morgan fingerprint density at radius 1 is 1.23 bits per heavy atom. The van der Waals surface area contributed by atoms with Gasteiger partial charge in [-0.25, -0.2) is 13.2 Å². The van der Waals surface area contributed by atoms with Crippen LogP contribution in [-0.2, 0) is 19.4 Å². The van der Waals surface area contributed by atoms with Crippen LogP contribution in [0.4, 0.5) is 0 Å². The van der Waals surface area contributed by atoms with Gasteiger partial charge in [-0.2, -0.15) is 0 Å². The van der Waals surface area contributed by atoms with E-state index in [4.69, 9.17) is 0 Å². The maximum atomic E-state index is 12.5. The summed E-state index contributed by atoms with van der Waals surface area (Å²) in [7, 11) is -3.49. The van der Waals surface area contributed by atoms with Crippen LogP contribution in [0.5, 0.6) is 0 Å². The molecule has 0 bridgehead atoms. The number of aliphatic carboxylic acids is 1. The minimum atomic E-state index is -3.49. The molecule has 7 heteroatoms. The molecule has 0 aromatic rings. The van der Waals surface area contributed by atoms with E-state index < -0.39 is 33.5 Å². The van der Waals surface area contributed by atoms with Crippen LogP contribution in [0.25, 0.3) is 0 Å². The van der Waals surface area contributed by atoms with Gasteiger partial charge in [-0.15, -0.1) is 0 Å². The molecular weight excluding hydrogens is 306 g/mol. The Bertz CT molecular complexity index is 542. The van der Waals surface area contributed by atoms with E-state index in [1.165, 1.54) is 4.90 Å². The molecule has 2 fully saturated rings. The summed E-state index contributed by atoms with van der Waals surface area (Å²) in [4.78, 5) is 25.3. The lowest BCUT2D eigenvalue weighted by molar-refractivity contribution is -0.148. The summed E-state index contributed by atoms with van der Waals surface area (Å²) in [5.74, 6) is -2.02. The third-order valence-electron chi connectivity index (χ3n) is 4.59. The molecule has 3 unspecified atom stereocenters. The highest BCUT2D eigenvalue weighted by molar-refractivity contribution is 7.92. The topological polar surface area (TPSA) is 91.8 Å². The average molecular weight is 331 g/mol. The van der Waals surface area contributed by atoms with Crippen LogP contribution >= 0.6 is 0 Å². The maximum Gasteiger partial charge on any atom is 0.326 e. The fourth-order valence-electron chi connectivity index (χ4n) is 3.87. The highest BCUT2D eigenvalue weighted by Crippen LogP contribution is 2.39. The summed E-state index contributed by atoms with van der Waals surface area (Å²) in [6.07, 6.45) is 4.19. The molecule has 3 atom stereocenters. The highest BCUT2D eigenvalue weighted by Gasteiger charge is 2.47. The predicted octanol–water partition coefficient (Wildman–Crippen LogP) is 1.30. The summed E-state index contributed by atoms with van der Waals surface area (Å²) in [6.45, 7) is 3.57. The molecular formula is C15H25NO5S. The van der Waals surface area contributed by atoms with E-state index in [0.717, 1.165) is 25.7 Å². The zero-order chi connectivity index (χ0) is 16.5. The molecule has 126 valence electrons. The standard InChI is InChI=1S/C15H25NO5S/c1-10(2)8-22(20,21)9-14(17)16-12-6-4-3-5-11(12)7-13(16)15(18)19/h10-13H,3-9H2,1-2H3,(H,18,19). The number of rotatable bonds is 5. The van der Waals surface area contributed by atoms with Crippen LogP contribution in [0.1, 0.15) is 46.0 Å². The third kappa shape index (κ3) is 3.80. The van der Waals surface area contributed by atoms with Crippen molar-refractivity contribution in [3.8, 4) is 0 Å². The van der Waals surface area contributed by atoms with E-state index >= 15 is 0 Å². The number of carboxylic acids is 1. The Hall–Kier alpha value is -1.11. The van der Waals surface area contributed by atoms with E-state index in [1.807, 2.05) is 0 Å². The van der Waals surface area contributed by atoms with Crippen molar-refractivity contribution in [3.63, 3.8) is 0 Å². The number of likely N-dealkylation sites (tertiary alicyclic amines) is 1. The van der Waals surface area contributed by atoms with Crippen molar-refractivity contribution in [2.24, 2.45) is 11.8 Å². The minimum Gasteiger partial charge on any atom is -0.480 e. The molecule has 22 heavy (non-hydrogen) atoms. The summed E-state index contributed by atoms with van der Waals surface area (Å²) in [6, 6.07) is -0.966. The highest BCUT2D eigenvalue weighted by atomic mass is 32.2. The number of amides is 1. The van der Waals surface area contributed by atoms with Gasteiger partial charge in [0.1, 0.15) is 11.8 Å². The molecule has 0 spiro atoms. The molecule has 1 N–H and O–H groups in total. The summed E-state index contributed by atoms with van der Waals surface area (Å²) in [5.41, 5.74) is 0. The minimum absolute atomic E-state index is 0.0432. The normalized spacial score (nSPS) is 28.7. The van der Waals surface area contributed by atoms with Crippen LogP contribution in [0.2, 0.25) is 0 Å². The summed E-state index contributed by atoms with van der Waals surface area (Å²) < 4.78 is 24.1. The first-order chi connectivity index (χ1) is 10.2. The molecule has 0 aromatic heterocycles. The molecule has 1 saturated heterocycles. The third-order valence-corrected chi connectivity index (χ3v) is 6.45. The molecule has 1 saturated carbocycles. The molecule has 2 rings (SSSR count). The lowest BCUT2D eigenvalue weighted by atomic mass is 9.85. The SMILES string of the molecule is CC(C)CS(=O)(=O)CC(=O)N1C(C(=O)O)CC2CCCCC21. The number of sulfone groups is 1. The molecule has 0 aromatic carbocycles. The smallest absolute Gasteiger partial charge is 0.326 e. The quantitative estimate of drug-likeness (QED) is 0.820. The Morgan fingerprint density at radius 2 is 1.86 bits per heavy atom. The van der Waals surface area contributed by atoms with Gasteiger partial charge in [0.2, 0.25) is 5.91 Å². The van der Waals surface area contributed by atoms with Gasteiger partial charge in [-0.3, -0.25) is 4.79 Å². The Balaban J connectivity index is 2.16. The van der Waals surface area contributed by atoms with Crippen molar-refractivity contribution >= 4 is 21.7 Å². The van der Waals surface area contributed by atoms with Crippen molar-refractivity contribution in [3.05, 3.63) is 0 Å².